The first-order chi connectivity index (χ1) is 10.7. The van der Waals surface area contributed by atoms with Crippen molar-refractivity contribution >= 4 is 17.9 Å². The van der Waals surface area contributed by atoms with Gasteiger partial charge in [0.1, 0.15) is 5.82 Å². The molecule has 4 heteroatoms. The lowest BCUT2D eigenvalue weighted by Gasteiger charge is -2.32. The number of esters is 1. The third-order valence-electron chi connectivity index (χ3n) is 3.72. The van der Waals surface area contributed by atoms with E-state index in [9.17, 15) is 4.79 Å². The van der Waals surface area contributed by atoms with E-state index in [1.807, 2.05) is 27.0 Å². The number of piperidine rings is 1. The molecular formula is C18H28N2O2. The van der Waals surface area contributed by atoms with Crippen LogP contribution in [0.2, 0.25) is 0 Å². The molecule has 0 aromatic carbocycles. The number of carbonyl (C=O) groups excluding carboxylic acids is 1. The predicted octanol–water partition coefficient (Wildman–Crippen LogP) is 3.84. The van der Waals surface area contributed by atoms with Crippen LogP contribution >= 0.6 is 0 Å². The van der Waals surface area contributed by atoms with Gasteiger partial charge in [-0.1, -0.05) is 26.5 Å². The van der Waals surface area contributed by atoms with E-state index in [1.54, 1.807) is 6.08 Å². The van der Waals surface area contributed by atoms with Crippen LogP contribution in [0.1, 0.15) is 44.7 Å². The lowest BCUT2D eigenvalue weighted by molar-refractivity contribution is -0.148. The Balaban J connectivity index is 0.00000116. The van der Waals surface area contributed by atoms with Gasteiger partial charge in [0.2, 0.25) is 0 Å². The van der Waals surface area contributed by atoms with Crippen molar-refractivity contribution in [3.05, 3.63) is 30.0 Å². The van der Waals surface area contributed by atoms with E-state index < -0.39 is 0 Å². The molecule has 22 heavy (non-hydrogen) atoms. The quantitative estimate of drug-likeness (QED) is 0.793. The molecule has 4 nitrogen and oxygen atoms in total. The third-order valence-corrected chi connectivity index (χ3v) is 3.72. The van der Waals surface area contributed by atoms with Crippen LogP contribution in [-0.4, -0.2) is 30.6 Å². The Morgan fingerprint density at radius 3 is 2.59 bits per heavy atom. The summed E-state index contributed by atoms with van der Waals surface area (Å²) in [5.41, 5.74) is 2.18. The summed E-state index contributed by atoms with van der Waals surface area (Å²) in [6.07, 6.45) is 5.32. The number of aryl methyl sites for hydroxylation is 1. The second kappa shape index (κ2) is 9.23. The van der Waals surface area contributed by atoms with E-state index in [0.29, 0.717) is 6.61 Å². The van der Waals surface area contributed by atoms with Crippen LogP contribution in [0.4, 0.5) is 5.82 Å². The smallest absolute Gasteiger partial charge is 0.309 e. The second-order valence-electron chi connectivity index (χ2n) is 5.13. The van der Waals surface area contributed by atoms with E-state index >= 15 is 0 Å². The standard InChI is InChI=1S/C16H22N2O2.C2H6/c1-4-13-10-12(3)15(17-11-13)18-8-6-14(7-9-18)16(19)20-5-2;1-2/h4,10-11,14H,1,5-9H2,2-3H3;1-2H3. The van der Waals surface area contributed by atoms with Crippen LogP contribution in [0.3, 0.4) is 0 Å². The van der Waals surface area contributed by atoms with Gasteiger partial charge in [0.25, 0.3) is 0 Å². The SMILES string of the molecule is C=Cc1cnc(N2CCC(C(=O)OCC)CC2)c(C)c1.CC. The second-order valence-corrected chi connectivity index (χ2v) is 5.13. The highest BCUT2D eigenvalue weighted by Crippen LogP contribution is 2.25. The number of carbonyl (C=O) groups is 1. The number of hydrogen-bond donors (Lipinski definition) is 0. The highest BCUT2D eigenvalue weighted by Gasteiger charge is 2.27. The summed E-state index contributed by atoms with van der Waals surface area (Å²) in [5, 5.41) is 0. The molecule has 1 aliphatic rings. The average molecular weight is 304 g/mol. The van der Waals surface area contributed by atoms with E-state index in [0.717, 1.165) is 42.9 Å². The minimum Gasteiger partial charge on any atom is -0.466 e. The van der Waals surface area contributed by atoms with Crippen LogP contribution in [0, 0.1) is 12.8 Å². The Morgan fingerprint density at radius 1 is 1.45 bits per heavy atom. The average Bonchev–Trinajstić information content (AvgIpc) is 2.57. The summed E-state index contributed by atoms with van der Waals surface area (Å²) < 4.78 is 5.09. The van der Waals surface area contributed by atoms with Crippen molar-refractivity contribution in [3.63, 3.8) is 0 Å². The van der Waals surface area contributed by atoms with Gasteiger partial charge in [-0.25, -0.2) is 4.98 Å². The monoisotopic (exact) mass is 304 g/mol. The maximum atomic E-state index is 11.7. The van der Waals surface area contributed by atoms with Crippen molar-refractivity contribution in [3.8, 4) is 0 Å². The Kier molecular flexibility index (Phi) is 7.64. The fraction of sp³-hybridized carbons (Fsp3) is 0.556. The topological polar surface area (TPSA) is 42.4 Å². The Bertz CT molecular complexity index is 492. The summed E-state index contributed by atoms with van der Waals surface area (Å²) in [4.78, 5) is 18.5. The molecule has 0 radical (unpaired) electrons. The number of nitrogens with zero attached hydrogens (tertiary/aromatic N) is 2. The van der Waals surface area contributed by atoms with Crippen LogP contribution < -0.4 is 4.90 Å². The van der Waals surface area contributed by atoms with Crippen LogP contribution in [0.15, 0.2) is 18.8 Å². The molecule has 2 heterocycles. The van der Waals surface area contributed by atoms with Crippen LogP contribution in [0.5, 0.6) is 0 Å². The van der Waals surface area contributed by atoms with Crippen molar-refractivity contribution in [1.29, 1.82) is 0 Å². The number of hydrogen-bond acceptors (Lipinski definition) is 4. The molecule has 0 amide bonds. The lowest BCUT2D eigenvalue weighted by Crippen LogP contribution is -2.37. The van der Waals surface area contributed by atoms with Gasteiger partial charge in [0, 0.05) is 19.3 Å². The molecule has 1 aromatic heterocycles. The Hall–Kier alpha value is -1.84. The first kappa shape index (κ1) is 18.2. The van der Waals surface area contributed by atoms with E-state index in [2.05, 4.69) is 29.5 Å². The highest BCUT2D eigenvalue weighted by molar-refractivity contribution is 5.72. The van der Waals surface area contributed by atoms with Crippen LogP contribution in [-0.2, 0) is 9.53 Å². The van der Waals surface area contributed by atoms with Crippen LogP contribution in [0.25, 0.3) is 6.08 Å². The first-order valence-electron chi connectivity index (χ1n) is 8.16. The molecule has 0 spiro atoms. The maximum absolute atomic E-state index is 11.7. The number of anilines is 1. The molecule has 1 aliphatic heterocycles. The van der Waals surface area contributed by atoms with Crippen molar-refractivity contribution in [1.82, 2.24) is 4.98 Å². The summed E-state index contributed by atoms with van der Waals surface area (Å²) in [5.74, 6) is 0.996. The molecular weight excluding hydrogens is 276 g/mol. The number of aromatic nitrogens is 1. The largest absolute Gasteiger partial charge is 0.466 e. The predicted molar refractivity (Wildman–Crippen MR) is 92.0 cm³/mol. The van der Waals surface area contributed by atoms with E-state index in [4.69, 9.17) is 4.74 Å². The van der Waals surface area contributed by atoms with Gasteiger partial charge >= 0.3 is 5.97 Å². The van der Waals surface area contributed by atoms with Gasteiger partial charge in [0.15, 0.2) is 0 Å². The lowest BCUT2D eigenvalue weighted by atomic mass is 9.96. The number of rotatable bonds is 4. The molecule has 0 unspecified atom stereocenters. The first-order valence-corrected chi connectivity index (χ1v) is 8.16. The number of pyridine rings is 1. The minimum atomic E-state index is -0.0566. The maximum Gasteiger partial charge on any atom is 0.309 e. The molecule has 0 aliphatic carbocycles. The van der Waals surface area contributed by atoms with E-state index in [-0.39, 0.29) is 11.9 Å². The zero-order valence-electron chi connectivity index (χ0n) is 14.3. The Morgan fingerprint density at radius 2 is 2.09 bits per heavy atom. The van der Waals surface area contributed by atoms with Crippen molar-refractivity contribution in [2.45, 2.75) is 40.5 Å². The van der Waals surface area contributed by atoms with Gasteiger partial charge in [-0.05, 0) is 43.9 Å². The summed E-state index contributed by atoms with van der Waals surface area (Å²) in [7, 11) is 0. The molecule has 0 atom stereocenters. The molecule has 1 fully saturated rings. The summed E-state index contributed by atoms with van der Waals surface area (Å²) in [6, 6.07) is 2.09. The molecule has 122 valence electrons. The molecule has 0 N–H and O–H groups in total. The molecule has 0 bridgehead atoms. The molecule has 1 saturated heterocycles. The molecule has 1 aromatic rings. The molecule has 2 rings (SSSR count). The zero-order valence-corrected chi connectivity index (χ0v) is 14.3. The van der Waals surface area contributed by atoms with Crippen molar-refractivity contribution in [2.24, 2.45) is 5.92 Å². The molecule has 0 saturated carbocycles. The van der Waals surface area contributed by atoms with Gasteiger partial charge in [-0.15, -0.1) is 0 Å². The minimum absolute atomic E-state index is 0.0407. The fourth-order valence-electron chi connectivity index (χ4n) is 2.62. The Labute approximate surface area is 134 Å². The summed E-state index contributed by atoms with van der Waals surface area (Å²) in [6.45, 7) is 13.8. The number of ether oxygens (including phenoxy) is 1. The fourth-order valence-corrected chi connectivity index (χ4v) is 2.62. The van der Waals surface area contributed by atoms with Crippen molar-refractivity contribution in [2.75, 3.05) is 24.6 Å². The van der Waals surface area contributed by atoms with Gasteiger partial charge < -0.3 is 9.64 Å². The third kappa shape index (κ3) is 4.58. The van der Waals surface area contributed by atoms with Gasteiger partial charge in [0.05, 0.1) is 12.5 Å². The highest BCUT2D eigenvalue weighted by atomic mass is 16.5. The van der Waals surface area contributed by atoms with E-state index in [1.165, 1.54) is 0 Å². The van der Waals surface area contributed by atoms with Gasteiger partial charge in [-0.2, -0.15) is 0 Å². The summed E-state index contributed by atoms with van der Waals surface area (Å²) >= 11 is 0. The van der Waals surface area contributed by atoms with Gasteiger partial charge in [-0.3, -0.25) is 4.79 Å². The normalized spacial score (nSPS) is 14.8. The van der Waals surface area contributed by atoms with Crippen molar-refractivity contribution < 1.29 is 9.53 Å². The zero-order chi connectivity index (χ0) is 16.5.